The molecule has 7 heteroatoms. The molecule has 1 spiro atoms. The fourth-order valence-corrected chi connectivity index (χ4v) is 7.19. The number of fused-ring (bicyclic) bond motifs is 1. The quantitative estimate of drug-likeness (QED) is 0.583. The highest BCUT2D eigenvalue weighted by Gasteiger charge is 2.37. The zero-order valence-electron chi connectivity index (χ0n) is 23.8. The van der Waals surface area contributed by atoms with E-state index in [4.69, 9.17) is 9.47 Å². The Morgan fingerprint density at radius 2 is 1.67 bits per heavy atom. The predicted molar refractivity (Wildman–Crippen MR) is 153 cm³/mol. The number of likely N-dealkylation sites (tertiary alicyclic amines) is 2. The normalized spacial score (nSPS) is 24.8. The Labute approximate surface area is 235 Å². The Hall–Kier alpha value is -2.12. The van der Waals surface area contributed by atoms with Gasteiger partial charge in [0.25, 0.3) is 5.91 Å². The first-order valence-corrected chi connectivity index (χ1v) is 15.7. The summed E-state index contributed by atoms with van der Waals surface area (Å²) >= 11 is 0. The molecular formula is C32H49N3O4. The average Bonchev–Trinajstić information content (AvgIpc) is 2.98. The highest BCUT2D eigenvalue weighted by atomic mass is 16.5. The van der Waals surface area contributed by atoms with Gasteiger partial charge in [-0.3, -0.25) is 9.59 Å². The summed E-state index contributed by atoms with van der Waals surface area (Å²) < 4.78 is 12.1. The molecule has 3 heterocycles. The molecule has 0 radical (unpaired) electrons. The van der Waals surface area contributed by atoms with Gasteiger partial charge in [0.2, 0.25) is 5.91 Å². The second-order valence-corrected chi connectivity index (χ2v) is 12.5. The maximum absolute atomic E-state index is 13.3. The summed E-state index contributed by atoms with van der Waals surface area (Å²) in [4.78, 5) is 30.9. The molecule has 39 heavy (non-hydrogen) atoms. The Morgan fingerprint density at radius 1 is 0.897 bits per heavy atom. The fraction of sp³-hybridized carbons (Fsp3) is 0.750. The number of nitrogens with zero attached hydrogens (tertiary/aromatic N) is 2. The molecule has 4 aliphatic rings. The topological polar surface area (TPSA) is 71.1 Å². The number of carbonyl (C=O) groups is 2. The summed E-state index contributed by atoms with van der Waals surface area (Å²) in [5, 5.41) is 2.94. The van der Waals surface area contributed by atoms with Crippen LogP contribution in [-0.4, -0.2) is 80.2 Å². The lowest BCUT2D eigenvalue weighted by atomic mass is 9.75. The molecular weight excluding hydrogens is 490 g/mol. The van der Waals surface area contributed by atoms with Gasteiger partial charge in [-0.1, -0.05) is 37.8 Å². The molecule has 0 aromatic heterocycles. The van der Waals surface area contributed by atoms with E-state index in [1.807, 2.05) is 24.3 Å². The van der Waals surface area contributed by atoms with Gasteiger partial charge in [-0.15, -0.1) is 0 Å². The van der Waals surface area contributed by atoms with Crippen LogP contribution in [0.4, 0.5) is 0 Å². The predicted octanol–water partition coefficient (Wildman–Crippen LogP) is 5.04. The molecule has 2 amide bonds. The van der Waals surface area contributed by atoms with E-state index in [-0.39, 0.29) is 11.3 Å². The molecule has 7 nitrogen and oxygen atoms in total. The molecule has 1 aliphatic carbocycles. The van der Waals surface area contributed by atoms with E-state index >= 15 is 0 Å². The summed E-state index contributed by atoms with van der Waals surface area (Å²) in [6.07, 6.45) is 15.0. The van der Waals surface area contributed by atoms with Gasteiger partial charge in [0.15, 0.2) is 0 Å². The molecule has 3 fully saturated rings. The zero-order chi connectivity index (χ0) is 26.9. The SMILES string of the molecule is O=C1NCCOCCCCC2(CCN(C(=O)CC3CCN(C4CCCCC4)CC3)CC2)COc2ccccc21. The number of amides is 2. The first kappa shape index (κ1) is 28.4. The number of piperidine rings is 2. The van der Waals surface area contributed by atoms with Gasteiger partial charge in [0.1, 0.15) is 5.75 Å². The third-order valence-corrected chi connectivity index (χ3v) is 9.82. The van der Waals surface area contributed by atoms with E-state index in [2.05, 4.69) is 15.1 Å². The molecule has 0 atom stereocenters. The van der Waals surface area contributed by atoms with Gasteiger partial charge in [-0.25, -0.2) is 0 Å². The Balaban J connectivity index is 1.14. The van der Waals surface area contributed by atoms with Gasteiger partial charge in [-0.2, -0.15) is 0 Å². The van der Waals surface area contributed by atoms with Crippen LogP contribution >= 0.6 is 0 Å². The lowest BCUT2D eigenvalue weighted by molar-refractivity contribution is -0.135. The van der Waals surface area contributed by atoms with E-state index in [1.165, 1.54) is 58.0 Å². The van der Waals surface area contributed by atoms with Gasteiger partial charge in [0, 0.05) is 44.1 Å². The lowest BCUT2D eigenvalue weighted by Gasteiger charge is -2.43. The summed E-state index contributed by atoms with van der Waals surface area (Å²) in [6.45, 7) is 6.28. The second-order valence-electron chi connectivity index (χ2n) is 12.5. The van der Waals surface area contributed by atoms with Crippen LogP contribution in [0.1, 0.15) is 93.8 Å². The summed E-state index contributed by atoms with van der Waals surface area (Å²) in [7, 11) is 0. The smallest absolute Gasteiger partial charge is 0.255 e. The van der Waals surface area contributed by atoms with E-state index in [0.717, 1.165) is 51.2 Å². The molecule has 1 aromatic rings. The minimum Gasteiger partial charge on any atom is -0.492 e. The highest BCUT2D eigenvalue weighted by Crippen LogP contribution is 2.38. The largest absolute Gasteiger partial charge is 0.492 e. The second kappa shape index (κ2) is 14.0. The zero-order valence-corrected chi connectivity index (χ0v) is 23.8. The Kier molecular flexibility index (Phi) is 10.2. The number of hydrogen-bond acceptors (Lipinski definition) is 5. The number of benzene rings is 1. The molecule has 0 bridgehead atoms. The van der Waals surface area contributed by atoms with Crippen molar-refractivity contribution in [3.63, 3.8) is 0 Å². The minimum absolute atomic E-state index is 0.0236. The van der Waals surface area contributed by atoms with E-state index < -0.39 is 0 Å². The maximum atomic E-state index is 13.3. The van der Waals surface area contributed by atoms with Crippen LogP contribution in [0, 0.1) is 11.3 Å². The van der Waals surface area contributed by atoms with Crippen LogP contribution in [0.5, 0.6) is 5.75 Å². The van der Waals surface area contributed by atoms with E-state index in [9.17, 15) is 9.59 Å². The van der Waals surface area contributed by atoms with Crippen LogP contribution in [-0.2, 0) is 9.53 Å². The van der Waals surface area contributed by atoms with Crippen molar-refractivity contribution in [2.75, 3.05) is 52.5 Å². The van der Waals surface area contributed by atoms with Crippen LogP contribution < -0.4 is 10.1 Å². The third kappa shape index (κ3) is 7.75. The first-order valence-electron chi connectivity index (χ1n) is 15.7. The van der Waals surface area contributed by atoms with Crippen LogP contribution in [0.15, 0.2) is 24.3 Å². The van der Waals surface area contributed by atoms with Gasteiger partial charge in [0.05, 0.1) is 18.8 Å². The van der Waals surface area contributed by atoms with Gasteiger partial charge in [-0.05, 0) is 82.5 Å². The monoisotopic (exact) mass is 539 g/mol. The van der Waals surface area contributed by atoms with Crippen molar-refractivity contribution in [3.8, 4) is 5.75 Å². The number of carbonyl (C=O) groups excluding carboxylic acids is 2. The van der Waals surface area contributed by atoms with Crippen molar-refractivity contribution in [2.45, 2.75) is 89.5 Å². The number of nitrogens with one attached hydrogen (secondary N) is 1. The van der Waals surface area contributed by atoms with Gasteiger partial charge >= 0.3 is 0 Å². The molecule has 1 saturated carbocycles. The molecule has 1 aromatic carbocycles. The van der Waals surface area contributed by atoms with Crippen molar-refractivity contribution in [1.29, 1.82) is 0 Å². The average molecular weight is 540 g/mol. The molecule has 0 unspecified atom stereocenters. The van der Waals surface area contributed by atoms with Crippen molar-refractivity contribution >= 4 is 11.8 Å². The number of ether oxygens (including phenoxy) is 2. The number of hydrogen-bond donors (Lipinski definition) is 1. The molecule has 3 aliphatic heterocycles. The minimum atomic E-state index is -0.120. The van der Waals surface area contributed by atoms with Crippen molar-refractivity contribution in [3.05, 3.63) is 29.8 Å². The van der Waals surface area contributed by atoms with E-state index in [1.54, 1.807) is 0 Å². The summed E-state index contributed by atoms with van der Waals surface area (Å²) in [5.41, 5.74) is 0.599. The first-order chi connectivity index (χ1) is 19.1. The fourth-order valence-electron chi connectivity index (χ4n) is 7.19. The number of rotatable bonds is 3. The molecule has 2 saturated heterocycles. The van der Waals surface area contributed by atoms with Crippen molar-refractivity contribution in [1.82, 2.24) is 15.1 Å². The summed E-state index contributed by atoms with van der Waals surface area (Å²) in [6, 6.07) is 8.31. The molecule has 216 valence electrons. The van der Waals surface area contributed by atoms with Crippen molar-refractivity contribution in [2.24, 2.45) is 11.3 Å². The van der Waals surface area contributed by atoms with Crippen LogP contribution in [0.3, 0.4) is 0 Å². The van der Waals surface area contributed by atoms with E-state index in [0.29, 0.717) is 55.9 Å². The Bertz CT molecular complexity index is 931. The lowest BCUT2D eigenvalue weighted by Crippen LogP contribution is -2.47. The molecule has 5 rings (SSSR count). The Morgan fingerprint density at radius 3 is 2.46 bits per heavy atom. The summed E-state index contributed by atoms with van der Waals surface area (Å²) in [5.74, 6) is 1.41. The van der Waals surface area contributed by atoms with Crippen LogP contribution in [0.2, 0.25) is 0 Å². The van der Waals surface area contributed by atoms with Crippen LogP contribution in [0.25, 0.3) is 0 Å². The number of para-hydroxylation sites is 1. The highest BCUT2D eigenvalue weighted by molar-refractivity contribution is 5.96. The third-order valence-electron chi connectivity index (χ3n) is 9.82. The molecule has 1 N–H and O–H groups in total. The van der Waals surface area contributed by atoms with Crippen molar-refractivity contribution < 1.29 is 19.1 Å². The maximum Gasteiger partial charge on any atom is 0.255 e. The van der Waals surface area contributed by atoms with Gasteiger partial charge < -0.3 is 24.6 Å². The standard InChI is InChI=1S/C32H49N3O4/c36-30(24-26-12-18-34(19-13-26)27-8-2-1-3-9-27)35-20-15-32(16-21-35)14-6-7-22-38-23-17-33-31(37)28-10-4-5-11-29(28)39-25-32/h4-5,10-11,26-27H,1-3,6-9,12-25H2,(H,33,37).